The Bertz CT molecular complexity index is 1180. The molecule has 162 valence electrons. The third-order valence-electron chi connectivity index (χ3n) is 5.10. The molecule has 0 bridgehead atoms. The van der Waals surface area contributed by atoms with Crippen molar-refractivity contribution in [1.29, 1.82) is 0 Å². The van der Waals surface area contributed by atoms with E-state index in [-0.39, 0.29) is 5.75 Å². The van der Waals surface area contributed by atoms with Gasteiger partial charge in [0.05, 0.1) is 0 Å². The molecule has 0 heterocycles. The lowest BCUT2D eigenvalue weighted by Crippen LogP contribution is -1.99. The SMILES string of the molecule is C=C(C)/C(C(=C)C/C=C/c1ccc(Cl)cc1O)=C(/c1cccc(C)c1)c1cccc(Cl)c1. The van der Waals surface area contributed by atoms with Crippen LogP contribution in [0.1, 0.15) is 35.6 Å². The highest BCUT2D eigenvalue weighted by Gasteiger charge is 2.16. The molecule has 0 aliphatic carbocycles. The van der Waals surface area contributed by atoms with E-state index in [0.717, 1.165) is 33.4 Å². The number of allylic oxidation sites excluding steroid dienone is 4. The summed E-state index contributed by atoms with van der Waals surface area (Å²) in [5.41, 5.74) is 7.89. The van der Waals surface area contributed by atoms with Gasteiger partial charge in [0.25, 0.3) is 0 Å². The summed E-state index contributed by atoms with van der Waals surface area (Å²) >= 11 is 12.3. The maximum atomic E-state index is 10.1. The topological polar surface area (TPSA) is 20.2 Å². The number of aromatic hydroxyl groups is 1. The van der Waals surface area contributed by atoms with Crippen molar-refractivity contribution in [2.24, 2.45) is 0 Å². The van der Waals surface area contributed by atoms with Gasteiger partial charge < -0.3 is 5.11 Å². The number of hydrogen-bond acceptors (Lipinski definition) is 1. The molecule has 0 fully saturated rings. The van der Waals surface area contributed by atoms with Crippen molar-refractivity contribution in [3.8, 4) is 5.75 Å². The van der Waals surface area contributed by atoms with Crippen LogP contribution >= 0.6 is 23.2 Å². The van der Waals surface area contributed by atoms with Crippen molar-refractivity contribution in [2.45, 2.75) is 20.3 Å². The summed E-state index contributed by atoms with van der Waals surface area (Å²) in [5, 5.41) is 11.3. The Kier molecular flexibility index (Phi) is 7.80. The summed E-state index contributed by atoms with van der Waals surface area (Å²) in [4.78, 5) is 0. The fourth-order valence-corrected chi connectivity index (χ4v) is 4.04. The zero-order valence-corrected chi connectivity index (χ0v) is 19.8. The van der Waals surface area contributed by atoms with Gasteiger partial charge in [0.2, 0.25) is 0 Å². The number of halogens is 2. The Morgan fingerprint density at radius 1 is 0.906 bits per heavy atom. The van der Waals surface area contributed by atoms with Gasteiger partial charge in [-0.3, -0.25) is 0 Å². The molecule has 1 N–H and O–H groups in total. The lowest BCUT2D eigenvalue weighted by molar-refractivity contribution is 0.474. The number of benzene rings is 3. The molecule has 3 heteroatoms. The van der Waals surface area contributed by atoms with Gasteiger partial charge in [0.1, 0.15) is 5.75 Å². The van der Waals surface area contributed by atoms with Crippen LogP contribution in [0.3, 0.4) is 0 Å². The van der Waals surface area contributed by atoms with Gasteiger partial charge in [-0.25, -0.2) is 0 Å². The van der Waals surface area contributed by atoms with Gasteiger partial charge in [0.15, 0.2) is 0 Å². The minimum absolute atomic E-state index is 0.148. The predicted octanol–water partition coefficient (Wildman–Crippen LogP) is 9.05. The second-order valence-corrected chi connectivity index (χ2v) is 8.70. The minimum atomic E-state index is 0.148. The third-order valence-corrected chi connectivity index (χ3v) is 5.57. The largest absolute Gasteiger partial charge is 0.507 e. The van der Waals surface area contributed by atoms with E-state index in [2.05, 4.69) is 50.4 Å². The first-order valence-electron chi connectivity index (χ1n) is 10.3. The summed E-state index contributed by atoms with van der Waals surface area (Å²) in [6.07, 6.45) is 4.46. The maximum Gasteiger partial charge on any atom is 0.124 e. The van der Waals surface area contributed by atoms with Crippen LogP contribution in [-0.4, -0.2) is 5.11 Å². The Labute approximate surface area is 200 Å². The van der Waals surface area contributed by atoms with Gasteiger partial charge >= 0.3 is 0 Å². The number of rotatable bonds is 7. The van der Waals surface area contributed by atoms with Gasteiger partial charge in [-0.05, 0) is 78.4 Å². The molecule has 0 unspecified atom stereocenters. The molecule has 0 aliphatic rings. The monoisotopic (exact) mass is 460 g/mol. The summed E-state index contributed by atoms with van der Waals surface area (Å²) < 4.78 is 0. The Hall–Kier alpha value is -3.00. The van der Waals surface area contributed by atoms with Crippen molar-refractivity contribution < 1.29 is 5.11 Å². The zero-order valence-electron chi connectivity index (χ0n) is 18.3. The third kappa shape index (κ3) is 5.82. The zero-order chi connectivity index (χ0) is 23.3. The summed E-state index contributed by atoms with van der Waals surface area (Å²) in [6, 6.07) is 21.3. The molecule has 0 saturated heterocycles. The molecular formula is C29H26Cl2O. The molecule has 0 spiro atoms. The molecule has 1 nitrogen and oxygen atoms in total. The molecular weight excluding hydrogens is 435 g/mol. The van der Waals surface area contributed by atoms with Crippen molar-refractivity contribution in [3.63, 3.8) is 0 Å². The number of hydrogen-bond donors (Lipinski definition) is 1. The number of phenolic OH excluding ortho intramolecular Hbond substituents is 1. The van der Waals surface area contributed by atoms with E-state index < -0.39 is 0 Å². The Balaban J connectivity index is 2.06. The minimum Gasteiger partial charge on any atom is -0.507 e. The lowest BCUT2D eigenvalue weighted by Gasteiger charge is -2.19. The van der Waals surface area contributed by atoms with Crippen LogP contribution in [0.15, 0.2) is 103 Å². The van der Waals surface area contributed by atoms with Crippen LogP contribution in [0.25, 0.3) is 11.6 Å². The molecule has 3 aromatic carbocycles. The van der Waals surface area contributed by atoms with Crippen LogP contribution in [0.2, 0.25) is 10.0 Å². The van der Waals surface area contributed by atoms with Crippen molar-refractivity contribution >= 4 is 34.9 Å². The van der Waals surface area contributed by atoms with Crippen molar-refractivity contribution in [2.75, 3.05) is 0 Å². The molecule has 0 aromatic heterocycles. The molecule has 0 aliphatic heterocycles. The van der Waals surface area contributed by atoms with Crippen LogP contribution in [-0.2, 0) is 0 Å². The van der Waals surface area contributed by atoms with Gasteiger partial charge in [-0.15, -0.1) is 0 Å². The van der Waals surface area contributed by atoms with Crippen molar-refractivity contribution in [1.82, 2.24) is 0 Å². The second kappa shape index (κ2) is 10.5. The average Bonchev–Trinajstić information content (AvgIpc) is 2.73. The van der Waals surface area contributed by atoms with Crippen LogP contribution < -0.4 is 0 Å². The molecule has 3 aromatic rings. The van der Waals surface area contributed by atoms with Gasteiger partial charge in [-0.1, -0.05) is 96.0 Å². The Morgan fingerprint density at radius 2 is 1.56 bits per heavy atom. The quantitative estimate of drug-likeness (QED) is 0.348. The fraction of sp³-hybridized carbons (Fsp3) is 0.103. The summed E-state index contributed by atoms with van der Waals surface area (Å²) in [6.45, 7) is 12.7. The van der Waals surface area contributed by atoms with E-state index in [1.807, 2.05) is 37.3 Å². The van der Waals surface area contributed by atoms with E-state index in [9.17, 15) is 5.11 Å². The molecule has 0 radical (unpaired) electrons. The fourth-order valence-electron chi connectivity index (χ4n) is 3.68. The van der Waals surface area contributed by atoms with Crippen LogP contribution in [0, 0.1) is 6.92 Å². The van der Waals surface area contributed by atoms with Crippen LogP contribution in [0.4, 0.5) is 0 Å². The van der Waals surface area contributed by atoms with E-state index in [4.69, 9.17) is 23.2 Å². The molecule has 0 amide bonds. The van der Waals surface area contributed by atoms with E-state index >= 15 is 0 Å². The lowest BCUT2D eigenvalue weighted by atomic mass is 9.85. The first-order chi connectivity index (χ1) is 15.3. The number of aryl methyl sites for hydroxylation is 1. The van der Waals surface area contributed by atoms with Gasteiger partial charge in [0, 0.05) is 15.6 Å². The first-order valence-corrected chi connectivity index (χ1v) is 11.1. The summed E-state index contributed by atoms with van der Waals surface area (Å²) in [5.74, 6) is 0.148. The molecule has 32 heavy (non-hydrogen) atoms. The highest BCUT2D eigenvalue weighted by atomic mass is 35.5. The second-order valence-electron chi connectivity index (χ2n) is 7.82. The van der Waals surface area contributed by atoms with E-state index in [1.165, 1.54) is 11.6 Å². The molecule has 0 saturated carbocycles. The van der Waals surface area contributed by atoms with Crippen molar-refractivity contribution in [3.05, 3.63) is 135 Å². The van der Waals surface area contributed by atoms with E-state index in [0.29, 0.717) is 22.0 Å². The average molecular weight is 461 g/mol. The normalized spacial score (nSPS) is 12.0. The van der Waals surface area contributed by atoms with E-state index in [1.54, 1.807) is 12.1 Å². The highest BCUT2D eigenvalue weighted by Crippen LogP contribution is 2.36. The molecule has 0 atom stereocenters. The smallest absolute Gasteiger partial charge is 0.124 e. The highest BCUT2D eigenvalue weighted by molar-refractivity contribution is 6.31. The van der Waals surface area contributed by atoms with Gasteiger partial charge in [-0.2, -0.15) is 0 Å². The molecule has 3 rings (SSSR count). The summed E-state index contributed by atoms with van der Waals surface area (Å²) in [7, 11) is 0. The maximum absolute atomic E-state index is 10.1. The predicted molar refractivity (Wildman–Crippen MR) is 139 cm³/mol. The Morgan fingerprint density at radius 3 is 2.19 bits per heavy atom. The first kappa shape index (κ1) is 23.7. The van der Waals surface area contributed by atoms with Crippen LogP contribution in [0.5, 0.6) is 5.75 Å². The number of phenols is 1. The standard InChI is InChI=1S/C29H26Cl2O/c1-19(2)28(21(4)9-6-10-22-14-15-26(31)18-27(22)32)29(23-11-5-8-20(3)16-23)24-12-7-13-25(30)17-24/h5-8,10-18,32H,1,4,9H2,2-3H3/b10-6+,29-28+.